The van der Waals surface area contributed by atoms with Crippen LogP contribution in [0.15, 0.2) is 140 Å². The van der Waals surface area contributed by atoms with Crippen molar-refractivity contribution in [3.63, 3.8) is 0 Å². The Hall–Kier alpha value is -5.41. The molecule has 2 N–H and O–H groups in total. The number of para-hydroxylation sites is 1. The highest BCUT2D eigenvalue weighted by Crippen LogP contribution is 2.44. The van der Waals surface area contributed by atoms with E-state index in [0.717, 1.165) is 39.6 Å². The summed E-state index contributed by atoms with van der Waals surface area (Å²) in [4.78, 5) is 0. The number of aromatic nitrogens is 1. The van der Waals surface area contributed by atoms with E-state index in [9.17, 15) is 0 Å². The SMILES string of the molecule is N=Cc1c(Nc2ccccc2)ccc2c1c1ccc3ccc4ccccc4c3c1n2C1=CC=CC(c2ccccc2)C1. The molecule has 1 aromatic heterocycles. The van der Waals surface area contributed by atoms with Crippen molar-refractivity contribution in [2.75, 3.05) is 5.32 Å². The molecule has 42 heavy (non-hydrogen) atoms. The first kappa shape index (κ1) is 24.4. The minimum Gasteiger partial charge on any atom is -0.355 e. The van der Waals surface area contributed by atoms with Crippen molar-refractivity contribution in [2.45, 2.75) is 12.3 Å². The van der Waals surface area contributed by atoms with Crippen LogP contribution in [0.5, 0.6) is 0 Å². The molecule has 1 unspecified atom stereocenters. The van der Waals surface area contributed by atoms with E-state index < -0.39 is 0 Å². The van der Waals surface area contributed by atoms with E-state index in [0.29, 0.717) is 5.92 Å². The van der Waals surface area contributed by atoms with Crippen molar-refractivity contribution in [1.29, 1.82) is 5.41 Å². The van der Waals surface area contributed by atoms with Crippen molar-refractivity contribution in [1.82, 2.24) is 4.57 Å². The van der Waals surface area contributed by atoms with Crippen LogP contribution in [0.3, 0.4) is 0 Å². The van der Waals surface area contributed by atoms with Crippen LogP contribution in [0.2, 0.25) is 0 Å². The second kappa shape index (κ2) is 9.90. The number of fused-ring (bicyclic) bond motifs is 7. The fraction of sp³-hybridized carbons (Fsp3) is 0.0513. The highest BCUT2D eigenvalue weighted by atomic mass is 15.0. The second-order valence-corrected chi connectivity index (χ2v) is 11.0. The average molecular weight is 540 g/mol. The van der Waals surface area contributed by atoms with Gasteiger partial charge in [0.2, 0.25) is 0 Å². The maximum absolute atomic E-state index is 8.60. The summed E-state index contributed by atoms with van der Waals surface area (Å²) in [7, 11) is 0. The van der Waals surface area contributed by atoms with Gasteiger partial charge in [-0.1, -0.05) is 109 Å². The number of nitrogens with zero attached hydrogens (tertiary/aromatic N) is 1. The molecule has 0 bridgehead atoms. The van der Waals surface area contributed by atoms with E-state index in [1.807, 2.05) is 18.2 Å². The van der Waals surface area contributed by atoms with Gasteiger partial charge in [0.05, 0.1) is 11.0 Å². The van der Waals surface area contributed by atoms with Crippen molar-refractivity contribution in [3.05, 3.63) is 151 Å². The van der Waals surface area contributed by atoms with Crippen LogP contribution in [0.4, 0.5) is 11.4 Å². The maximum Gasteiger partial charge on any atom is 0.0622 e. The number of hydrogen-bond donors (Lipinski definition) is 2. The maximum atomic E-state index is 8.60. The molecule has 8 rings (SSSR count). The van der Waals surface area contributed by atoms with Crippen molar-refractivity contribution >= 4 is 66.6 Å². The molecule has 0 saturated carbocycles. The summed E-state index contributed by atoms with van der Waals surface area (Å²) < 4.78 is 2.47. The Morgan fingerprint density at radius 2 is 1.43 bits per heavy atom. The molecule has 6 aromatic carbocycles. The van der Waals surface area contributed by atoms with Gasteiger partial charge in [-0.25, -0.2) is 0 Å². The van der Waals surface area contributed by atoms with Gasteiger partial charge >= 0.3 is 0 Å². The Kier molecular flexibility index (Phi) is 5.75. The summed E-state index contributed by atoms with van der Waals surface area (Å²) in [5.74, 6) is 0.298. The molecule has 1 atom stereocenters. The minimum atomic E-state index is 0.298. The lowest BCUT2D eigenvalue weighted by Crippen LogP contribution is -2.06. The molecular weight excluding hydrogens is 510 g/mol. The van der Waals surface area contributed by atoms with Crippen LogP contribution in [-0.2, 0) is 0 Å². The molecule has 7 aromatic rings. The standard InChI is InChI=1S/C39H29N3/c40-25-34-35(41-30-14-5-2-6-15-30)22-23-36-38(34)33-21-20-28-19-18-27-12-7-8-17-32(27)37(28)39(33)42(36)31-16-9-13-29(24-31)26-10-3-1-4-11-26/h1-23,25,29,40-41H,24H2. The Bertz CT molecular complexity index is 2200. The summed E-state index contributed by atoms with van der Waals surface area (Å²) in [6.07, 6.45) is 9.19. The van der Waals surface area contributed by atoms with Gasteiger partial charge in [-0.15, -0.1) is 0 Å². The highest BCUT2D eigenvalue weighted by Gasteiger charge is 2.23. The lowest BCUT2D eigenvalue weighted by Gasteiger charge is -2.22. The first-order chi connectivity index (χ1) is 20.8. The summed E-state index contributed by atoms with van der Waals surface area (Å²) in [6.45, 7) is 0. The number of rotatable bonds is 5. The Morgan fingerprint density at radius 3 is 2.26 bits per heavy atom. The molecule has 200 valence electrons. The van der Waals surface area contributed by atoms with Gasteiger partial charge in [-0.3, -0.25) is 0 Å². The third-order valence-corrected chi connectivity index (χ3v) is 8.61. The Labute approximate surface area is 244 Å². The number of allylic oxidation sites excluding steroid dienone is 4. The lowest BCUT2D eigenvalue weighted by molar-refractivity contribution is 0.837. The van der Waals surface area contributed by atoms with E-state index in [1.165, 1.54) is 44.5 Å². The number of nitrogens with one attached hydrogen (secondary N) is 2. The van der Waals surface area contributed by atoms with E-state index in [-0.39, 0.29) is 0 Å². The predicted molar refractivity (Wildman–Crippen MR) is 179 cm³/mol. The van der Waals surface area contributed by atoms with Gasteiger partial charge in [0.15, 0.2) is 0 Å². The quantitative estimate of drug-likeness (QED) is 0.166. The number of hydrogen-bond acceptors (Lipinski definition) is 2. The molecule has 0 spiro atoms. The van der Waals surface area contributed by atoms with Gasteiger partial charge in [0, 0.05) is 50.9 Å². The van der Waals surface area contributed by atoms with Crippen LogP contribution >= 0.6 is 0 Å². The summed E-state index contributed by atoms with van der Waals surface area (Å²) in [5, 5.41) is 19.4. The Balaban J connectivity index is 1.46. The molecule has 0 aliphatic heterocycles. The second-order valence-electron chi connectivity index (χ2n) is 11.0. The summed E-state index contributed by atoms with van der Waals surface area (Å²) in [6, 6.07) is 42.9. The Morgan fingerprint density at radius 1 is 0.690 bits per heavy atom. The fourth-order valence-corrected chi connectivity index (χ4v) is 6.70. The van der Waals surface area contributed by atoms with E-state index >= 15 is 0 Å². The van der Waals surface area contributed by atoms with E-state index in [1.54, 1.807) is 0 Å². The highest BCUT2D eigenvalue weighted by molar-refractivity contribution is 6.28. The first-order valence-electron chi connectivity index (χ1n) is 14.5. The monoisotopic (exact) mass is 539 g/mol. The average Bonchev–Trinajstić information content (AvgIpc) is 3.40. The largest absolute Gasteiger partial charge is 0.355 e. The molecular formula is C39H29N3. The van der Waals surface area contributed by atoms with Gasteiger partial charge in [0.25, 0.3) is 0 Å². The zero-order chi connectivity index (χ0) is 28.0. The number of anilines is 2. The molecule has 0 amide bonds. The zero-order valence-corrected chi connectivity index (χ0v) is 23.1. The van der Waals surface area contributed by atoms with Gasteiger partial charge in [0.1, 0.15) is 0 Å². The van der Waals surface area contributed by atoms with Crippen molar-refractivity contribution < 1.29 is 0 Å². The minimum absolute atomic E-state index is 0.298. The molecule has 0 saturated heterocycles. The third-order valence-electron chi connectivity index (χ3n) is 8.61. The van der Waals surface area contributed by atoms with Crippen molar-refractivity contribution in [3.8, 4) is 0 Å². The first-order valence-corrected chi connectivity index (χ1v) is 14.5. The van der Waals surface area contributed by atoms with Gasteiger partial charge in [-0.2, -0.15) is 0 Å². The van der Waals surface area contributed by atoms with Gasteiger partial charge < -0.3 is 15.3 Å². The third kappa shape index (κ3) is 3.86. The van der Waals surface area contributed by atoms with Crippen LogP contribution in [0.1, 0.15) is 23.5 Å². The smallest absolute Gasteiger partial charge is 0.0622 e. The van der Waals surface area contributed by atoms with E-state index in [2.05, 4.69) is 131 Å². The molecule has 0 radical (unpaired) electrons. The van der Waals surface area contributed by atoms with Gasteiger partial charge in [-0.05, 0) is 58.5 Å². The molecule has 1 aliphatic carbocycles. The van der Waals surface area contributed by atoms with E-state index in [4.69, 9.17) is 5.41 Å². The number of benzene rings is 6. The van der Waals surface area contributed by atoms with Crippen LogP contribution in [0, 0.1) is 5.41 Å². The molecule has 1 heterocycles. The normalized spacial score (nSPS) is 15.0. The molecule has 0 fully saturated rings. The van der Waals surface area contributed by atoms with Crippen LogP contribution in [-0.4, -0.2) is 10.8 Å². The molecule has 1 aliphatic rings. The summed E-state index contributed by atoms with van der Waals surface area (Å²) >= 11 is 0. The van der Waals surface area contributed by atoms with Crippen molar-refractivity contribution in [2.24, 2.45) is 0 Å². The molecule has 3 heteroatoms. The van der Waals surface area contributed by atoms with Crippen LogP contribution < -0.4 is 5.32 Å². The predicted octanol–water partition coefficient (Wildman–Crippen LogP) is 10.4. The summed E-state index contributed by atoms with van der Waals surface area (Å²) in [5.41, 5.74) is 7.73. The van der Waals surface area contributed by atoms with Crippen LogP contribution in [0.25, 0.3) is 49.0 Å². The fourth-order valence-electron chi connectivity index (χ4n) is 6.70. The molecule has 3 nitrogen and oxygen atoms in total. The topological polar surface area (TPSA) is 40.8 Å². The lowest BCUT2D eigenvalue weighted by atomic mass is 9.90. The zero-order valence-electron chi connectivity index (χ0n) is 23.1.